The average Bonchev–Trinajstić information content (AvgIpc) is 3.45. The molecule has 2 aliphatic heterocycles. The first-order chi connectivity index (χ1) is 17.4. The maximum Gasteiger partial charge on any atom is 0.262 e. The minimum absolute atomic E-state index is 0.00676. The maximum atomic E-state index is 13.6. The van der Waals surface area contributed by atoms with Gasteiger partial charge in [0.1, 0.15) is 11.1 Å². The Hall–Kier alpha value is -3.49. The third-order valence-corrected chi connectivity index (χ3v) is 7.37. The molecule has 2 amide bonds. The molecule has 3 aromatic rings. The summed E-state index contributed by atoms with van der Waals surface area (Å²) >= 11 is 7.27. The van der Waals surface area contributed by atoms with Crippen LogP contribution in [0.5, 0.6) is 0 Å². The number of halogens is 2. The fraction of sp³-hybridized carbons (Fsp3) is 0.185. The Labute approximate surface area is 217 Å². The van der Waals surface area contributed by atoms with Gasteiger partial charge in [-0.05, 0) is 54.4 Å². The van der Waals surface area contributed by atoms with Crippen molar-refractivity contribution in [1.82, 2.24) is 5.01 Å². The molecule has 36 heavy (non-hydrogen) atoms. The molecule has 6 nitrogen and oxygen atoms in total. The summed E-state index contributed by atoms with van der Waals surface area (Å²) in [6.07, 6.45) is 0.535. The lowest BCUT2D eigenvalue weighted by Crippen LogP contribution is -2.25. The van der Waals surface area contributed by atoms with Crippen molar-refractivity contribution in [3.63, 3.8) is 0 Å². The first-order valence-corrected chi connectivity index (χ1v) is 12.7. The van der Waals surface area contributed by atoms with Gasteiger partial charge in [-0.2, -0.15) is 10.1 Å². The fourth-order valence-corrected chi connectivity index (χ4v) is 5.26. The van der Waals surface area contributed by atoms with Crippen LogP contribution < -0.4 is 5.32 Å². The molecule has 9 heteroatoms. The molecular formula is C27H22ClFN4O2S. The highest BCUT2D eigenvalue weighted by Crippen LogP contribution is 2.38. The van der Waals surface area contributed by atoms with Crippen LogP contribution in [0.1, 0.15) is 35.6 Å². The summed E-state index contributed by atoms with van der Waals surface area (Å²) in [5.74, 6) is -0.963. The Morgan fingerprint density at radius 3 is 2.47 bits per heavy atom. The van der Waals surface area contributed by atoms with Gasteiger partial charge in [0.2, 0.25) is 5.91 Å². The first kappa shape index (κ1) is 24.2. The number of carbonyl (C=O) groups excluding carboxylic acids is 2. The second-order valence-electron chi connectivity index (χ2n) is 8.63. The zero-order valence-corrected chi connectivity index (χ0v) is 20.9. The lowest BCUT2D eigenvalue weighted by molar-refractivity contribution is -0.121. The molecule has 0 saturated heterocycles. The third kappa shape index (κ3) is 5.34. The van der Waals surface area contributed by atoms with Crippen LogP contribution in [-0.4, -0.2) is 33.0 Å². The molecule has 182 valence electrons. The number of anilines is 1. The van der Waals surface area contributed by atoms with E-state index in [-0.39, 0.29) is 30.1 Å². The van der Waals surface area contributed by atoms with Crippen molar-refractivity contribution in [1.29, 1.82) is 0 Å². The summed E-state index contributed by atoms with van der Waals surface area (Å²) in [6.45, 7) is 1.97. The number of amidine groups is 1. The molecule has 1 N–H and O–H groups in total. The summed E-state index contributed by atoms with van der Waals surface area (Å²) in [7, 11) is 0. The molecule has 2 heterocycles. The number of aliphatic imine (C=N–C) groups is 1. The van der Waals surface area contributed by atoms with Crippen molar-refractivity contribution in [3.05, 3.63) is 100 Å². The Bertz CT molecular complexity index is 1360. The number of thioether (sulfide) groups is 1. The van der Waals surface area contributed by atoms with Crippen LogP contribution in [0, 0.1) is 12.7 Å². The Kier molecular flexibility index (Phi) is 6.89. The van der Waals surface area contributed by atoms with E-state index in [0.29, 0.717) is 22.3 Å². The van der Waals surface area contributed by atoms with Gasteiger partial charge in [-0.25, -0.2) is 9.40 Å². The van der Waals surface area contributed by atoms with Gasteiger partial charge in [0.05, 0.1) is 11.8 Å². The highest BCUT2D eigenvalue weighted by Gasteiger charge is 2.39. The number of amides is 2. The second-order valence-corrected chi connectivity index (χ2v) is 10.2. The number of nitrogens with one attached hydrogen (secondary N) is 1. The smallest absolute Gasteiger partial charge is 0.262 e. The van der Waals surface area contributed by atoms with Crippen LogP contribution in [0.3, 0.4) is 0 Å². The molecule has 0 aromatic heterocycles. The van der Waals surface area contributed by atoms with E-state index in [1.54, 1.807) is 29.3 Å². The number of aryl methyl sites for hydroxylation is 1. The van der Waals surface area contributed by atoms with E-state index in [4.69, 9.17) is 16.7 Å². The van der Waals surface area contributed by atoms with Gasteiger partial charge in [-0.15, -0.1) is 0 Å². The summed E-state index contributed by atoms with van der Waals surface area (Å²) in [4.78, 5) is 29.6. The molecule has 3 aromatic carbocycles. The van der Waals surface area contributed by atoms with Gasteiger partial charge >= 0.3 is 0 Å². The standard InChI is InChI=1S/C27H22ClFN4O2S/c1-16-2-12-21(13-3-16)30-25(34)15-24-26(35)31-27(36-24)33-23(18-6-10-20(29)11-7-18)14-22(32-33)17-4-8-19(28)9-5-17/h2-13,23-24H,14-15H2,1H3,(H,30,34)/t23-,24+/m1/s1. The predicted molar refractivity (Wildman–Crippen MR) is 142 cm³/mol. The number of hydrazone groups is 1. The molecule has 2 atom stereocenters. The zero-order valence-electron chi connectivity index (χ0n) is 19.3. The second kappa shape index (κ2) is 10.2. The van der Waals surface area contributed by atoms with Crippen LogP contribution in [0.4, 0.5) is 10.1 Å². The van der Waals surface area contributed by atoms with Crippen molar-refractivity contribution < 1.29 is 14.0 Å². The van der Waals surface area contributed by atoms with Crippen LogP contribution in [-0.2, 0) is 9.59 Å². The van der Waals surface area contributed by atoms with Gasteiger partial charge < -0.3 is 5.32 Å². The van der Waals surface area contributed by atoms with Gasteiger partial charge in [0.15, 0.2) is 5.17 Å². The van der Waals surface area contributed by atoms with Gasteiger partial charge in [0.25, 0.3) is 5.91 Å². The molecule has 0 saturated carbocycles. The Morgan fingerprint density at radius 2 is 1.78 bits per heavy atom. The van der Waals surface area contributed by atoms with Crippen molar-refractivity contribution >= 4 is 51.7 Å². The summed E-state index contributed by atoms with van der Waals surface area (Å²) in [5.41, 5.74) is 4.32. The van der Waals surface area contributed by atoms with E-state index in [2.05, 4.69) is 10.3 Å². The summed E-state index contributed by atoms with van der Waals surface area (Å²) < 4.78 is 13.6. The minimum Gasteiger partial charge on any atom is -0.326 e. The largest absolute Gasteiger partial charge is 0.326 e. The van der Waals surface area contributed by atoms with Crippen LogP contribution in [0.2, 0.25) is 5.02 Å². The van der Waals surface area contributed by atoms with Crippen LogP contribution >= 0.6 is 23.4 Å². The molecule has 0 unspecified atom stereocenters. The molecule has 0 bridgehead atoms. The van der Waals surface area contributed by atoms with E-state index in [1.165, 1.54) is 23.9 Å². The number of rotatable bonds is 5. The fourth-order valence-electron chi connectivity index (χ4n) is 4.07. The quantitative estimate of drug-likeness (QED) is 0.450. The number of benzene rings is 3. The molecule has 0 spiro atoms. The van der Waals surface area contributed by atoms with Gasteiger partial charge in [-0.1, -0.05) is 65.3 Å². The number of nitrogens with zero attached hydrogens (tertiary/aromatic N) is 3. The highest BCUT2D eigenvalue weighted by molar-refractivity contribution is 8.15. The molecule has 2 aliphatic rings. The van der Waals surface area contributed by atoms with Crippen molar-refractivity contribution in [2.45, 2.75) is 31.1 Å². The average molecular weight is 521 g/mol. The number of carbonyl (C=O) groups is 2. The van der Waals surface area contributed by atoms with Crippen molar-refractivity contribution in [3.8, 4) is 0 Å². The van der Waals surface area contributed by atoms with E-state index in [0.717, 1.165) is 22.4 Å². The lowest BCUT2D eigenvalue weighted by Gasteiger charge is -2.23. The summed E-state index contributed by atoms with van der Waals surface area (Å²) in [6, 6.07) is 20.8. The van der Waals surface area contributed by atoms with Crippen LogP contribution in [0.15, 0.2) is 82.9 Å². The summed E-state index contributed by atoms with van der Waals surface area (Å²) in [5, 5.41) is 9.72. The molecule has 0 aliphatic carbocycles. The SMILES string of the molecule is Cc1ccc(NC(=O)C[C@@H]2SC(N3N=C(c4ccc(Cl)cc4)C[C@@H]3c3ccc(F)cc3)=NC2=O)cc1. The predicted octanol–water partition coefficient (Wildman–Crippen LogP) is 5.97. The molecule has 5 rings (SSSR count). The monoisotopic (exact) mass is 520 g/mol. The van der Waals surface area contributed by atoms with Gasteiger partial charge in [0, 0.05) is 23.6 Å². The number of hydrogen-bond acceptors (Lipinski definition) is 5. The van der Waals surface area contributed by atoms with Crippen molar-refractivity contribution in [2.75, 3.05) is 5.32 Å². The normalized spacial score (nSPS) is 19.3. The van der Waals surface area contributed by atoms with E-state index in [9.17, 15) is 14.0 Å². The first-order valence-electron chi connectivity index (χ1n) is 11.4. The third-order valence-electron chi connectivity index (χ3n) is 5.97. The van der Waals surface area contributed by atoms with E-state index < -0.39 is 5.25 Å². The van der Waals surface area contributed by atoms with Gasteiger partial charge in [-0.3, -0.25) is 9.59 Å². The topological polar surface area (TPSA) is 74.1 Å². The molecule has 0 radical (unpaired) electrons. The Balaban J connectivity index is 1.35. The molecule has 0 fully saturated rings. The maximum absolute atomic E-state index is 13.6. The Morgan fingerprint density at radius 1 is 1.08 bits per heavy atom. The van der Waals surface area contributed by atoms with Crippen molar-refractivity contribution in [2.24, 2.45) is 10.1 Å². The number of hydrogen-bond donors (Lipinski definition) is 1. The zero-order chi connectivity index (χ0) is 25.2. The molecular weight excluding hydrogens is 499 g/mol. The van der Waals surface area contributed by atoms with E-state index in [1.807, 2.05) is 43.3 Å². The van der Waals surface area contributed by atoms with Crippen LogP contribution in [0.25, 0.3) is 0 Å². The lowest BCUT2D eigenvalue weighted by atomic mass is 9.98. The highest BCUT2D eigenvalue weighted by atomic mass is 35.5. The van der Waals surface area contributed by atoms with E-state index >= 15 is 0 Å². The minimum atomic E-state index is -0.644.